The van der Waals surface area contributed by atoms with E-state index in [2.05, 4.69) is 10.3 Å². The number of ether oxygens (including phenoxy) is 2. The zero-order valence-electron chi connectivity index (χ0n) is 14.9. The fraction of sp³-hybridized carbons (Fsp3) is 0.400. The molecule has 1 spiro atoms. The molecule has 1 aromatic heterocycles. The van der Waals surface area contributed by atoms with E-state index in [4.69, 9.17) is 9.47 Å². The largest absolute Gasteiger partial charge is 0.355 e. The van der Waals surface area contributed by atoms with Gasteiger partial charge in [0.2, 0.25) is 0 Å². The number of hydrogen-bond donors (Lipinski definition) is 1. The van der Waals surface area contributed by atoms with E-state index in [9.17, 15) is 4.79 Å². The molecule has 1 amide bonds. The van der Waals surface area contributed by atoms with Gasteiger partial charge in [0.1, 0.15) is 5.69 Å². The highest BCUT2D eigenvalue weighted by Crippen LogP contribution is 2.31. The van der Waals surface area contributed by atoms with Crippen LogP contribution in [0.1, 0.15) is 28.9 Å². The third-order valence-electron chi connectivity index (χ3n) is 5.03. The van der Waals surface area contributed by atoms with E-state index >= 15 is 0 Å². The van der Waals surface area contributed by atoms with Crippen molar-refractivity contribution in [3.8, 4) is 0 Å². The van der Waals surface area contributed by atoms with Crippen molar-refractivity contribution in [1.29, 1.82) is 0 Å². The van der Waals surface area contributed by atoms with Crippen LogP contribution in [-0.4, -0.2) is 47.9 Å². The van der Waals surface area contributed by atoms with E-state index in [-0.39, 0.29) is 5.91 Å². The van der Waals surface area contributed by atoms with Gasteiger partial charge in [0.25, 0.3) is 5.91 Å². The van der Waals surface area contributed by atoms with E-state index in [0.717, 1.165) is 16.9 Å². The molecule has 0 aliphatic carbocycles. The molecule has 0 saturated carbocycles. The number of aromatic nitrogens is 1. The zero-order valence-corrected chi connectivity index (χ0v) is 14.9. The van der Waals surface area contributed by atoms with Crippen LogP contribution in [0.15, 0.2) is 42.6 Å². The monoisotopic (exact) mass is 353 g/mol. The quantitative estimate of drug-likeness (QED) is 0.919. The predicted octanol–water partition coefficient (Wildman–Crippen LogP) is 3.11. The van der Waals surface area contributed by atoms with Gasteiger partial charge in [0.15, 0.2) is 5.79 Å². The predicted molar refractivity (Wildman–Crippen MR) is 98.5 cm³/mol. The van der Waals surface area contributed by atoms with Gasteiger partial charge in [-0.25, -0.2) is 0 Å². The number of hydrogen-bond acceptors (Lipinski definition) is 5. The first-order valence-electron chi connectivity index (χ1n) is 9.01. The van der Waals surface area contributed by atoms with Gasteiger partial charge in [-0.05, 0) is 30.7 Å². The number of anilines is 2. The molecule has 2 fully saturated rings. The maximum Gasteiger partial charge on any atom is 0.272 e. The molecule has 0 bridgehead atoms. The van der Waals surface area contributed by atoms with Crippen molar-refractivity contribution < 1.29 is 14.3 Å². The van der Waals surface area contributed by atoms with Gasteiger partial charge in [-0.2, -0.15) is 0 Å². The number of likely N-dealkylation sites (tertiary alicyclic amines) is 1. The van der Waals surface area contributed by atoms with Gasteiger partial charge in [-0.3, -0.25) is 9.78 Å². The Bertz CT molecular complexity index is 792. The number of para-hydroxylation sites is 1. The summed E-state index contributed by atoms with van der Waals surface area (Å²) in [5.74, 6) is -0.524. The minimum Gasteiger partial charge on any atom is -0.355 e. The van der Waals surface area contributed by atoms with E-state index in [1.807, 2.05) is 48.2 Å². The van der Waals surface area contributed by atoms with Gasteiger partial charge in [-0.15, -0.1) is 0 Å². The molecule has 0 unspecified atom stereocenters. The van der Waals surface area contributed by atoms with Crippen LogP contribution in [0.5, 0.6) is 0 Å². The first-order valence-corrected chi connectivity index (χ1v) is 9.01. The van der Waals surface area contributed by atoms with E-state index in [1.54, 1.807) is 6.20 Å². The van der Waals surface area contributed by atoms with E-state index in [1.165, 1.54) is 0 Å². The number of carbonyl (C=O) groups is 1. The molecule has 2 aromatic rings. The molecule has 4 rings (SSSR count). The van der Waals surface area contributed by atoms with Crippen molar-refractivity contribution in [3.63, 3.8) is 0 Å². The van der Waals surface area contributed by atoms with Crippen LogP contribution in [0.2, 0.25) is 0 Å². The van der Waals surface area contributed by atoms with Gasteiger partial charge < -0.3 is 19.7 Å². The number of pyridine rings is 1. The maximum atomic E-state index is 12.8. The number of nitrogens with zero attached hydrogens (tertiary/aromatic N) is 2. The van der Waals surface area contributed by atoms with Gasteiger partial charge in [0.05, 0.1) is 13.2 Å². The number of amides is 1. The number of nitrogens with one attached hydrogen (secondary N) is 1. The molecule has 26 heavy (non-hydrogen) atoms. The summed E-state index contributed by atoms with van der Waals surface area (Å²) in [5, 5.41) is 3.36. The summed E-state index contributed by atoms with van der Waals surface area (Å²) in [6.45, 7) is 4.57. The van der Waals surface area contributed by atoms with Crippen LogP contribution in [0, 0.1) is 6.92 Å². The Balaban J connectivity index is 1.44. The van der Waals surface area contributed by atoms with Crippen molar-refractivity contribution in [2.75, 3.05) is 31.6 Å². The van der Waals surface area contributed by atoms with Crippen LogP contribution >= 0.6 is 0 Å². The van der Waals surface area contributed by atoms with Crippen molar-refractivity contribution >= 4 is 17.3 Å². The molecule has 2 saturated heterocycles. The van der Waals surface area contributed by atoms with Crippen LogP contribution in [0.3, 0.4) is 0 Å². The lowest BCUT2D eigenvalue weighted by Gasteiger charge is -2.37. The van der Waals surface area contributed by atoms with Crippen LogP contribution in [-0.2, 0) is 9.47 Å². The zero-order chi connectivity index (χ0) is 18.0. The fourth-order valence-corrected chi connectivity index (χ4v) is 3.49. The van der Waals surface area contributed by atoms with E-state index in [0.29, 0.717) is 44.8 Å². The lowest BCUT2D eigenvalue weighted by molar-refractivity contribution is -0.181. The lowest BCUT2D eigenvalue weighted by Crippen LogP contribution is -2.47. The standard InChI is InChI=1S/C20H23N3O3/c1-15-4-2-3-5-17(15)22-16-6-9-21-18(14-16)19(24)23-10-7-20(8-11-23)25-12-13-26-20/h2-6,9,14H,7-8,10-13H2,1H3,(H,21,22). The molecular weight excluding hydrogens is 330 g/mol. The summed E-state index contributed by atoms with van der Waals surface area (Å²) in [7, 11) is 0. The van der Waals surface area contributed by atoms with E-state index < -0.39 is 5.79 Å². The van der Waals surface area contributed by atoms with Crippen molar-refractivity contribution in [3.05, 3.63) is 53.9 Å². The van der Waals surface area contributed by atoms with Gasteiger partial charge >= 0.3 is 0 Å². The molecule has 2 aliphatic heterocycles. The van der Waals surface area contributed by atoms with Gasteiger partial charge in [-0.1, -0.05) is 18.2 Å². The molecular formula is C20H23N3O3. The minimum absolute atomic E-state index is 0.0497. The first kappa shape index (κ1) is 17.0. The summed E-state index contributed by atoms with van der Waals surface area (Å²) in [5.41, 5.74) is 3.48. The molecule has 1 aromatic carbocycles. The third kappa shape index (κ3) is 3.43. The highest BCUT2D eigenvalue weighted by molar-refractivity contribution is 5.93. The lowest BCUT2D eigenvalue weighted by atomic mass is 10.0. The molecule has 6 heteroatoms. The van der Waals surface area contributed by atoms with Gasteiger partial charge in [0, 0.05) is 43.5 Å². The Kier molecular flexibility index (Phi) is 4.61. The average Bonchev–Trinajstić information content (AvgIpc) is 3.12. The molecule has 0 atom stereocenters. The molecule has 3 heterocycles. The van der Waals surface area contributed by atoms with Crippen molar-refractivity contribution in [2.45, 2.75) is 25.6 Å². The smallest absolute Gasteiger partial charge is 0.272 e. The molecule has 1 N–H and O–H groups in total. The van der Waals surface area contributed by atoms with Crippen LogP contribution < -0.4 is 5.32 Å². The minimum atomic E-state index is -0.474. The van der Waals surface area contributed by atoms with Crippen molar-refractivity contribution in [1.82, 2.24) is 9.88 Å². The highest BCUT2D eigenvalue weighted by atomic mass is 16.7. The Hall–Kier alpha value is -2.44. The highest BCUT2D eigenvalue weighted by Gasteiger charge is 2.41. The molecule has 0 radical (unpaired) electrons. The normalized spacial score (nSPS) is 18.9. The Morgan fingerprint density at radius 2 is 1.88 bits per heavy atom. The second kappa shape index (κ2) is 7.05. The number of carbonyl (C=O) groups excluding carboxylic acids is 1. The first-order chi connectivity index (χ1) is 12.7. The van der Waals surface area contributed by atoms with Crippen LogP contribution in [0.4, 0.5) is 11.4 Å². The Morgan fingerprint density at radius 1 is 1.15 bits per heavy atom. The Labute approximate surface area is 153 Å². The number of rotatable bonds is 3. The SMILES string of the molecule is Cc1ccccc1Nc1ccnc(C(=O)N2CCC3(CC2)OCCO3)c1. The summed E-state index contributed by atoms with van der Waals surface area (Å²) in [4.78, 5) is 18.9. The summed E-state index contributed by atoms with van der Waals surface area (Å²) < 4.78 is 11.5. The summed E-state index contributed by atoms with van der Waals surface area (Å²) in [6, 6.07) is 11.7. The number of aryl methyl sites for hydroxylation is 1. The van der Waals surface area contributed by atoms with Crippen LogP contribution in [0.25, 0.3) is 0 Å². The number of benzene rings is 1. The number of piperidine rings is 1. The second-order valence-corrected chi connectivity index (χ2v) is 6.77. The second-order valence-electron chi connectivity index (χ2n) is 6.77. The van der Waals surface area contributed by atoms with Crippen molar-refractivity contribution in [2.24, 2.45) is 0 Å². The topological polar surface area (TPSA) is 63.7 Å². The average molecular weight is 353 g/mol. The Morgan fingerprint density at radius 3 is 2.62 bits per heavy atom. The third-order valence-corrected chi connectivity index (χ3v) is 5.03. The molecule has 136 valence electrons. The molecule has 6 nitrogen and oxygen atoms in total. The molecule has 2 aliphatic rings. The summed E-state index contributed by atoms with van der Waals surface area (Å²) in [6.07, 6.45) is 3.09. The summed E-state index contributed by atoms with van der Waals surface area (Å²) >= 11 is 0. The maximum absolute atomic E-state index is 12.8. The fourth-order valence-electron chi connectivity index (χ4n) is 3.49.